The van der Waals surface area contributed by atoms with E-state index in [-0.39, 0.29) is 0 Å². The third-order valence-electron chi connectivity index (χ3n) is 3.04. The van der Waals surface area contributed by atoms with Gasteiger partial charge >= 0.3 is 0 Å². The SMILES string of the molecule is CC.CC(C)(C)Cc1ccccc1.CC(C)c1ccccc1. The lowest BCUT2D eigenvalue weighted by atomic mass is 9.88. The smallest absolute Gasteiger partial charge is 0.0219 e. The van der Waals surface area contributed by atoms with Crippen LogP contribution in [0, 0.1) is 5.41 Å². The topological polar surface area (TPSA) is 0 Å². The average Bonchev–Trinajstić information content (AvgIpc) is 2.50. The Morgan fingerprint density at radius 3 is 1.45 bits per heavy atom. The zero-order chi connectivity index (χ0) is 17.0. The van der Waals surface area contributed by atoms with Gasteiger partial charge in [0.1, 0.15) is 0 Å². The highest BCUT2D eigenvalue weighted by atomic mass is 14.1. The van der Waals surface area contributed by atoms with Gasteiger partial charge < -0.3 is 0 Å². The van der Waals surface area contributed by atoms with Crippen molar-refractivity contribution in [2.24, 2.45) is 5.41 Å². The first kappa shape index (κ1) is 20.4. The van der Waals surface area contributed by atoms with Gasteiger partial charge in [-0.2, -0.15) is 0 Å². The molecule has 2 aromatic carbocycles. The molecular formula is C22H34. The maximum Gasteiger partial charge on any atom is -0.0219 e. The molecule has 0 nitrogen and oxygen atoms in total. The van der Waals surface area contributed by atoms with Crippen molar-refractivity contribution in [1.82, 2.24) is 0 Å². The first-order chi connectivity index (χ1) is 10.4. The van der Waals surface area contributed by atoms with Gasteiger partial charge in [0.25, 0.3) is 0 Å². The lowest BCUT2D eigenvalue weighted by molar-refractivity contribution is 0.411. The van der Waals surface area contributed by atoms with Crippen LogP contribution >= 0.6 is 0 Å². The van der Waals surface area contributed by atoms with Gasteiger partial charge in [0, 0.05) is 0 Å². The standard InChI is InChI=1S/C11H16.C9H12.C2H6/c1-11(2,3)9-10-7-5-4-6-8-10;1-8(2)9-6-4-3-5-7-9;1-2/h4-8H,9H2,1-3H3;3-8H,1-2H3;1-2H3. The van der Waals surface area contributed by atoms with Crippen molar-refractivity contribution in [3.63, 3.8) is 0 Å². The van der Waals surface area contributed by atoms with Crippen molar-refractivity contribution in [2.45, 2.75) is 60.8 Å². The third kappa shape index (κ3) is 10.2. The Bertz CT molecular complexity index is 460. The van der Waals surface area contributed by atoms with Gasteiger partial charge in [-0.15, -0.1) is 0 Å². The van der Waals surface area contributed by atoms with Gasteiger partial charge in [0.05, 0.1) is 0 Å². The van der Waals surface area contributed by atoms with E-state index >= 15 is 0 Å². The molecule has 22 heavy (non-hydrogen) atoms. The van der Waals surface area contributed by atoms with E-state index in [2.05, 4.69) is 89.2 Å². The van der Waals surface area contributed by atoms with Crippen molar-refractivity contribution >= 4 is 0 Å². The van der Waals surface area contributed by atoms with Gasteiger partial charge in [-0.3, -0.25) is 0 Å². The minimum Gasteiger partial charge on any atom is -0.0683 e. The lowest BCUT2D eigenvalue weighted by Gasteiger charge is -2.17. The first-order valence-corrected chi connectivity index (χ1v) is 8.47. The summed E-state index contributed by atoms with van der Waals surface area (Å²) >= 11 is 0. The summed E-state index contributed by atoms with van der Waals surface area (Å²) in [6.45, 7) is 15.2. The fraction of sp³-hybridized carbons (Fsp3) is 0.455. The number of benzene rings is 2. The number of hydrogen-bond donors (Lipinski definition) is 0. The first-order valence-electron chi connectivity index (χ1n) is 8.47. The summed E-state index contributed by atoms with van der Waals surface area (Å²) < 4.78 is 0. The van der Waals surface area contributed by atoms with Crippen molar-refractivity contribution in [2.75, 3.05) is 0 Å². The van der Waals surface area contributed by atoms with Crippen molar-refractivity contribution in [1.29, 1.82) is 0 Å². The molecule has 0 spiro atoms. The second-order valence-corrected chi connectivity index (χ2v) is 6.79. The normalized spacial score (nSPS) is 10.2. The minimum absolute atomic E-state index is 0.404. The Hall–Kier alpha value is -1.56. The van der Waals surface area contributed by atoms with E-state index in [1.54, 1.807) is 0 Å². The van der Waals surface area contributed by atoms with Crippen LogP contribution in [0.25, 0.3) is 0 Å². The summed E-state index contributed by atoms with van der Waals surface area (Å²) in [5, 5.41) is 0. The summed E-state index contributed by atoms with van der Waals surface area (Å²) in [5.41, 5.74) is 3.25. The van der Waals surface area contributed by atoms with Gasteiger partial charge in [-0.25, -0.2) is 0 Å². The maximum absolute atomic E-state index is 2.26. The molecule has 0 aliphatic carbocycles. The summed E-state index contributed by atoms with van der Waals surface area (Å²) in [4.78, 5) is 0. The maximum atomic E-state index is 2.26. The molecule has 0 saturated carbocycles. The summed E-state index contributed by atoms with van der Waals surface area (Å²) in [5.74, 6) is 0.659. The third-order valence-corrected chi connectivity index (χ3v) is 3.04. The Balaban J connectivity index is 0.000000366. The van der Waals surface area contributed by atoms with Crippen LogP contribution < -0.4 is 0 Å². The molecule has 2 aromatic rings. The summed E-state index contributed by atoms with van der Waals surface area (Å²) in [6, 6.07) is 21.1. The summed E-state index contributed by atoms with van der Waals surface area (Å²) in [6.07, 6.45) is 1.16. The minimum atomic E-state index is 0.404. The Labute approximate surface area is 138 Å². The van der Waals surface area contributed by atoms with Crippen LogP contribution in [0.5, 0.6) is 0 Å². The predicted octanol–water partition coefficient (Wildman–Crippen LogP) is 7.11. The van der Waals surface area contributed by atoms with Gasteiger partial charge in [-0.05, 0) is 28.9 Å². The number of rotatable bonds is 2. The second-order valence-electron chi connectivity index (χ2n) is 6.79. The summed E-state index contributed by atoms with van der Waals surface area (Å²) in [7, 11) is 0. The fourth-order valence-electron chi connectivity index (χ4n) is 2.05. The van der Waals surface area contributed by atoms with E-state index in [0.717, 1.165) is 6.42 Å². The molecule has 0 fully saturated rings. The highest BCUT2D eigenvalue weighted by Crippen LogP contribution is 2.19. The van der Waals surface area contributed by atoms with E-state index in [0.29, 0.717) is 11.3 Å². The molecule has 0 amide bonds. The fourth-order valence-corrected chi connectivity index (χ4v) is 2.05. The van der Waals surface area contributed by atoms with Crippen LogP contribution in [0.2, 0.25) is 0 Å². The van der Waals surface area contributed by atoms with Gasteiger partial charge in [0.2, 0.25) is 0 Å². The zero-order valence-electron chi connectivity index (χ0n) is 15.6. The molecule has 0 aromatic heterocycles. The largest absolute Gasteiger partial charge is 0.0683 e. The van der Waals surface area contributed by atoms with Crippen LogP contribution in [-0.4, -0.2) is 0 Å². The van der Waals surface area contributed by atoms with Crippen LogP contribution in [0.15, 0.2) is 60.7 Å². The highest BCUT2D eigenvalue weighted by molar-refractivity contribution is 5.17. The van der Waals surface area contributed by atoms with Gasteiger partial charge in [-0.1, -0.05) is 109 Å². The molecule has 0 aliphatic heterocycles. The molecule has 0 unspecified atom stereocenters. The van der Waals surface area contributed by atoms with Crippen LogP contribution in [0.1, 0.15) is 65.5 Å². The molecule has 0 aliphatic rings. The zero-order valence-corrected chi connectivity index (χ0v) is 15.6. The average molecular weight is 299 g/mol. The molecule has 0 heterocycles. The molecule has 0 heteroatoms. The molecule has 0 N–H and O–H groups in total. The van der Waals surface area contributed by atoms with Gasteiger partial charge in [0.15, 0.2) is 0 Å². The number of hydrogen-bond acceptors (Lipinski definition) is 0. The second kappa shape index (κ2) is 11.1. The quantitative estimate of drug-likeness (QED) is 0.554. The lowest BCUT2D eigenvalue weighted by Crippen LogP contribution is -2.08. The van der Waals surface area contributed by atoms with Crippen molar-refractivity contribution in [3.8, 4) is 0 Å². The molecule has 0 atom stereocenters. The molecule has 0 bridgehead atoms. The molecule has 0 saturated heterocycles. The highest BCUT2D eigenvalue weighted by Gasteiger charge is 2.09. The van der Waals surface area contributed by atoms with E-state index in [1.165, 1.54) is 11.1 Å². The van der Waals surface area contributed by atoms with Crippen LogP contribution in [-0.2, 0) is 6.42 Å². The molecular weight excluding hydrogens is 264 g/mol. The monoisotopic (exact) mass is 298 g/mol. The van der Waals surface area contributed by atoms with Crippen molar-refractivity contribution < 1.29 is 0 Å². The molecule has 122 valence electrons. The van der Waals surface area contributed by atoms with E-state index in [4.69, 9.17) is 0 Å². The van der Waals surface area contributed by atoms with E-state index in [1.807, 2.05) is 19.9 Å². The Morgan fingerprint density at radius 2 is 1.14 bits per heavy atom. The predicted molar refractivity (Wildman–Crippen MR) is 101 cm³/mol. The molecule has 2 rings (SSSR count). The van der Waals surface area contributed by atoms with E-state index in [9.17, 15) is 0 Å². The Kier molecular flexibility index (Phi) is 10.3. The van der Waals surface area contributed by atoms with Crippen molar-refractivity contribution in [3.05, 3.63) is 71.8 Å². The molecule has 0 radical (unpaired) electrons. The van der Waals surface area contributed by atoms with Crippen LogP contribution in [0.4, 0.5) is 0 Å². The Morgan fingerprint density at radius 1 is 0.727 bits per heavy atom. The van der Waals surface area contributed by atoms with E-state index < -0.39 is 0 Å². The van der Waals surface area contributed by atoms with Crippen LogP contribution in [0.3, 0.4) is 0 Å².